The minimum atomic E-state index is -3.10. The molecular formula is C15H25O4P. The van der Waals surface area contributed by atoms with E-state index < -0.39 is 7.60 Å². The molecular weight excluding hydrogens is 275 g/mol. The number of ether oxygens (including phenoxy) is 1. The van der Waals surface area contributed by atoms with Gasteiger partial charge in [0.05, 0.1) is 25.5 Å². The van der Waals surface area contributed by atoms with E-state index in [9.17, 15) is 4.57 Å². The third kappa shape index (κ3) is 5.28. The Hall–Kier alpha value is -0.830. The van der Waals surface area contributed by atoms with Crippen molar-refractivity contribution in [1.29, 1.82) is 0 Å². The van der Waals surface area contributed by atoms with Gasteiger partial charge in [0.1, 0.15) is 5.75 Å². The van der Waals surface area contributed by atoms with Gasteiger partial charge in [-0.05, 0) is 33.3 Å². The van der Waals surface area contributed by atoms with Crippen molar-refractivity contribution in [2.24, 2.45) is 0 Å². The van der Waals surface area contributed by atoms with Gasteiger partial charge in [0.15, 0.2) is 0 Å². The van der Waals surface area contributed by atoms with Crippen molar-refractivity contribution in [1.82, 2.24) is 0 Å². The second-order valence-corrected chi connectivity index (χ2v) is 6.60. The second kappa shape index (κ2) is 8.46. The maximum absolute atomic E-state index is 12.6. The standard InChI is InChI=1S/C15H25O4P/c1-5-13(4)19-15-11-9-8-10-14(15)12-20(16,17-6-2)18-7-3/h8-11,13H,5-7,12H2,1-4H3. The van der Waals surface area contributed by atoms with Gasteiger partial charge in [-0.2, -0.15) is 0 Å². The summed E-state index contributed by atoms with van der Waals surface area (Å²) in [7, 11) is -3.10. The monoisotopic (exact) mass is 300 g/mol. The molecule has 0 saturated carbocycles. The highest BCUT2D eigenvalue weighted by Crippen LogP contribution is 2.52. The Bertz CT molecular complexity index is 437. The fourth-order valence-electron chi connectivity index (χ4n) is 1.78. The summed E-state index contributed by atoms with van der Waals surface area (Å²) >= 11 is 0. The smallest absolute Gasteiger partial charge is 0.335 e. The van der Waals surface area contributed by atoms with Gasteiger partial charge in [0.2, 0.25) is 0 Å². The van der Waals surface area contributed by atoms with Crippen LogP contribution in [0.1, 0.15) is 39.7 Å². The average molecular weight is 300 g/mol. The van der Waals surface area contributed by atoms with E-state index in [4.69, 9.17) is 13.8 Å². The molecule has 0 N–H and O–H groups in total. The van der Waals surface area contributed by atoms with Crippen LogP contribution in [0, 0.1) is 0 Å². The molecule has 0 saturated heterocycles. The van der Waals surface area contributed by atoms with Crippen LogP contribution in [0.3, 0.4) is 0 Å². The summed E-state index contributed by atoms with van der Waals surface area (Å²) in [4.78, 5) is 0. The minimum Gasteiger partial charge on any atom is -0.490 e. The average Bonchev–Trinajstić information content (AvgIpc) is 2.41. The highest BCUT2D eigenvalue weighted by molar-refractivity contribution is 7.53. The van der Waals surface area contributed by atoms with Crippen LogP contribution in [0.25, 0.3) is 0 Å². The fraction of sp³-hybridized carbons (Fsp3) is 0.600. The van der Waals surface area contributed by atoms with Crippen LogP contribution in [0.5, 0.6) is 5.75 Å². The molecule has 0 radical (unpaired) electrons. The molecule has 1 aromatic rings. The molecule has 20 heavy (non-hydrogen) atoms. The molecule has 4 nitrogen and oxygen atoms in total. The lowest BCUT2D eigenvalue weighted by atomic mass is 10.2. The van der Waals surface area contributed by atoms with Gasteiger partial charge < -0.3 is 13.8 Å². The molecule has 1 atom stereocenters. The van der Waals surface area contributed by atoms with Crippen LogP contribution in [-0.2, 0) is 19.8 Å². The van der Waals surface area contributed by atoms with Gasteiger partial charge in [-0.1, -0.05) is 25.1 Å². The lowest BCUT2D eigenvalue weighted by Gasteiger charge is -2.20. The molecule has 114 valence electrons. The van der Waals surface area contributed by atoms with Gasteiger partial charge in [0.25, 0.3) is 0 Å². The first-order valence-electron chi connectivity index (χ1n) is 7.17. The van der Waals surface area contributed by atoms with Crippen molar-refractivity contribution in [2.45, 2.75) is 46.4 Å². The van der Waals surface area contributed by atoms with Crippen molar-refractivity contribution in [3.63, 3.8) is 0 Å². The molecule has 0 spiro atoms. The van der Waals surface area contributed by atoms with Crippen LogP contribution >= 0.6 is 7.60 Å². The topological polar surface area (TPSA) is 44.8 Å². The molecule has 5 heteroatoms. The van der Waals surface area contributed by atoms with Gasteiger partial charge in [0, 0.05) is 5.56 Å². The molecule has 0 aromatic heterocycles. The maximum Gasteiger partial charge on any atom is 0.335 e. The van der Waals surface area contributed by atoms with Crippen LogP contribution in [0.4, 0.5) is 0 Å². The molecule has 0 aliphatic heterocycles. The lowest BCUT2D eigenvalue weighted by Crippen LogP contribution is -2.11. The number of para-hydroxylation sites is 1. The Morgan fingerprint density at radius 2 is 1.70 bits per heavy atom. The Morgan fingerprint density at radius 1 is 1.10 bits per heavy atom. The van der Waals surface area contributed by atoms with E-state index in [0.717, 1.165) is 17.7 Å². The quantitative estimate of drug-likeness (QED) is 0.624. The predicted octanol–water partition coefficient (Wildman–Crippen LogP) is 4.63. The third-order valence-corrected chi connectivity index (χ3v) is 4.92. The summed E-state index contributed by atoms with van der Waals surface area (Å²) in [6.45, 7) is 8.44. The van der Waals surface area contributed by atoms with Gasteiger partial charge in [-0.3, -0.25) is 4.57 Å². The van der Waals surface area contributed by atoms with E-state index >= 15 is 0 Å². The van der Waals surface area contributed by atoms with E-state index in [1.54, 1.807) is 0 Å². The van der Waals surface area contributed by atoms with Gasteiger partial charge >= 0.3 is 7.60 Å². The fourth-order valence-corrected chi connectivity index (χ4v) is 3.50. The molecule has 0 aliphatic carbocycles. The lowest BCUT2D eigenvalue weighted by molar-refractivity contribution is 0.209. The van der Waals surface area contributed by atoms with E-state index in [1.807, 2.05) is 45.0 Å². The van der Waals surface area contributed by atoms with Crippen molar-refractivity contribution in [3.8, 4) is 5.75 Å². The molecule has 0 amide bonds. The summed E-state index contributed by atoms with van der Waals surface area (Å²) < 4.78 is 29.1. The van der Waals surface area contributed by atoms with E-state index in [2.05, 4.69) is 6.92 Å². The van der Waals surface area contributed by atoms with Gasteiger partial charge in [-0.25, -0.2) is 0 Å². The van der Waals surface area contributed by atoms with E-state index in [0.29, 0.717) is 13.2 Å². The summed E-state index contributed by atoms with van der Waals surface area (Å²) in [5, 5.41) is 0. The third-order valence-electron chi connectivity index (χ3n) is 2.89. The maximum atomic E-state index is 12.6. The Balaban J connectivity index is 2.92. The summed E-state index contributed by atoms with van der Waals surface area (Å²) in [5.74, 6) is 0.751. The largest absolute Gasteiger partial charge is 0.490 e. The highest BCUT2D eigenvalue weighted by Gasteiger charge is 2.25. The van der Waals surface area contributed by atoms with Crippen molar-refractivity contribution >= 4 is 7.60 Å². The number of hydrogen-bond donors (Lipinski definition) is 0. The number of rotatable bonds is 9. The van der Waals surface area contributed by atoms with E-state index in [-0.39, 0.29) is 12.3 Å². The minimum absolute atomic E-state index is 0.120. The zero-order chi connectivity index (χ0) is 15.0. The first-order chi connectivity index (χ1) is 9.54. The first-order valence-corrected chi connectivity index (χ1v) is 8.90. The predicted molar refractivity (Wildman–Crippen MR) is 81.4 cm³/mol. The summed E-state index contributed by atoms with van der Waals surface area (Å²) in [5.41, 5.74) is 0.859. The van der Waals surface area contributed by atoms with Gasteiger partial charge in [-0.15, -0.1) is 0 Å². The number of benzene rings is 1. The Morgan fingerprint density at radius 3 is 2.25 bits per heavy atom. The van der Waals surface area contributed by atoms with Crippen molar-refractivity contribution in [2.75, 3.05) is 13.2 Å². The highest BCUT2D eigenvalue weighted by atomic mass is 31.2. The molecule has 0 bridgehead atoms. The number of hydrogen-bond acceptors (Lipinski definition) is 4. The Kier molecular flexibility index (Phi) is 7.28. The normalized spacial score (nSPS) is 13.2. The van der Waals surface area contributed by atoms with Crippen LogP contribution < -0.4 is 4.74 Å². The second-order valence-electron chi connectivity index (χ2n) is 4.55. The molecule has 0 heterocycles. The van der Waals surface area contributed by atoms with E-state index in [1.165, 1.54) is 0 Å². The van der Waals surface area contributed by atoms with Crippen molar-refractivity contribution < 1.29 is 18.3 Å². The summed E-state index contributed by atoms with van der Waals surface area (Å²) in [6, 6.07) is 7.61. The van der Waals surface area contributed by atoms with Crippen LogP contribution in [0.15, 0.2) is 24.3 Å². The van der Waals surface area contributed by atoms with Crippen LogP contribution in [-0.4, -0.2) is 19.3 Å². The zero-order valence-corrected chi connectivity index (χ0v) is 13.7. The molecule has 0 aliphatic rings. The molecule has 0 fully saturated rings. The molecule has 1 rings (SSSR count). The summed E-state index contributed by atoms with van der Waals surface area (Å²) in [6.07, 6.45) is 1.28. The molecule has 1 unspecified atom stereocenters. The van der Waals surface area contributed by atoms with Crippen LogP contribution in [0.2, 0.25) is 0 Å². The molecule has 1 aromatic carbocycles. The SMILES string of the molecule is CCOP(=O)(Cc1ccccc1OC(C)CC)OCC. The Labute approximate surface area is 122 Å². The first kappa shape index (κ1) is 17.2. The zero-order valence-electron chi connectivity index (χ0n) is 12.8. The van der Waals surface area contributed by atoms with Crippen molar-refractivity contribution in [3.05, 3.63) is 29.8 Å².